The van der Waals surface area contributed by atoms with E-state index >= 15 is 0 Å². The molecule has 0 bridgehead atoms. The Kier molecular flexibility index (Phi) is 6.52. The number of aromatic nitrogens is 3. The van der Waals surface area contributed by atoms with Crippen LogP contribution in [0.3, 0.4) is 0 Å². The Bertz CT molecular complexity index is 1490. The molecule has 0 saturated carbocycles. The molecule has 1 aliphatic heterocycles. The zero-order chi connectivity index (χ0) is 26.1. The number of H-pyrrole nitrogens is 1. The second-order valence-corrected chi connectivity index (χ2v) is 9.17. The van der Waals surface area contributed by atoms with Crippen LogP contribution in [0.2, 0.25) is 0 Å². The summed E-state index contributed by atoms with van der Waals surface area (Å²) >= 11 is 0. The summed E-state index contributed by atoms with van der Waals surface area (Å²) in [6.45, 7) is 5.02. The van der Waals surface area contributed by atoms with Crippen molar-refractivity contribution in [1.82, 2.24) is 19.5 Å². The highest BCUT2D eigenvalue weighted by atomic mass is 19.1. The first-order chi connectivity index (χ1) is 17.9. The van der Waals surface area contributed by atoms with Crippen molar-refractivity contribution in [3.8, 4) is 22.8 Å². The minimum atomic E-state index is -0.607. The van der Waals surface area contributed by atoms with E-state index in [0.717, 1.165) is 24.0 Å². The van der Waals surface area contributed by atoms with Gasteiger partial charge in [-0.15, -0.1) is 0 Å². The Balaban J connectivity index is 1.41. The van der Waals surface area contributed by atoms with Crippen LogP contribution in [0.15, 0.2) is 66.4 Å². The van der Waals surface area contributed by atoms with Gasteiger partial charge in [0.05, 0.1) is 11.9 Å². The number of piperidine rings is 1. The lowest BCUT2D eigenvalue weighted by atomic mass is 9.91. The summed E-state index contributed by atoms with van der Waals surface area (Å²) in [4.78, 5) is 30.2. The lowest BCUT2D eigenvalue weighted by Gasteiger charge is -2.31. The summed E-state index contributed by atoms with van der Waals surface area (Å²) in [5, 5.41) is 4.47. The normalized spacial score (nSPS) is 14.8. The minimum absolute atomic E-state index is 0.0710. The first-order valence-corrected chi connectivity index (χ1v) is 12.2. The van der Waals surface area contributed by atoms with Crippen LogP contribution >= 0.6 is 0 Å². The molecule has 0 atom stereocenters. The predicted octanol–water partition coefficient (Wildman–Crippen LogP) is 5.03. The number of carbonyl (C=O) groups excluding carboxylic acids is 2. The van der Waals surface area contributed by atoms with E-state index in [1.807, 2.05) is 24.8 Å². The van der Waals surface area contributed by atoms with Crippen molar-refractivity contribution in [3.63, 3.8) is 0 Å². The number of benzene rings is 2. The van der Waals surface area contributed by atoms with Gasteiger partial charge in [0.1, 0.15) is 11.4 Å². The summed E-state index contributed by atoms with van der Waals surface area (Å²) in [7, 11) is 0. The third-order valence-electron chi connectivity index (χ3n) is 6.92. The van der Waals surface area contributed by atoms with E-state index in [1.54, 1.807) is 53.2 Å². The number of ether oxygens (including phenoxy) is 1. The zero-order valence-electron chi connectivity index (χ0n) is 20.7. The molecule has 4 aromatic rings. The first kappa shape index (κ1) is 24.3. The molecule has 0 aliphatic carbocycles. The van der Waals surface area contributed by atoms with E-state index in [0.29, 0.717) is 35.7 Å². The molecule has 2 amide bonds. The van der Waals surface area contributed by atoms with Crippen LogP contribution in [0.25, 0.3) is 16.9 Å². The van der Waals surface area contributed by atoms with Gasteiger partial charge in [0.2, 0.25) is 5.91 Å². The first-order valence-electron chi connectivity index (χ1n) is 12.2. The van der Waals surface area contributed by atoms with E-state index in [9.17, 15) is 14.0 Å². The van der Waals surface area contributed by atoms with Gasteiger partial charge in [-0.05, 0) is 69.0 Å². The molecule has 190 valence electrons. The molecule has 1 fully saturated rings. The summed E-state index contributed by atoms with van der Waals surface area (Å²) in [5.74, 6) is -0.207. The van der Waals surface area contributed by atoms with Crippen molar-refractivity contribution in [2.75, 3.05) is 13.1 Å². The number of carbonyl (C=O) groups is 2. The smallest absolute Gasteiger partial charge is 0.269 e. The standard InChI is InChI=1S/C28H28FN5O3/c1-3-17(2)28(36)33-14-12-18(13-15-33)21-16-31-34-25(26(30)35)24(32-27(21)34)19-8-10-20(11-9-19)37-23-7-5-4-6-22(23)29/h3-11,16,18,32H,12-15H2,1-2H3,(H2,30,35)/b17-3+. The van der Waals surface area contributed by atoms with E-state index in [1.165, 1.54) is 6.07 Å². The summed E-state index contributed by atoms with van der Waals surface area (Å²) in [5.41, 5.74) is 9.72. The van der Waals surface area contributed by atoms with Gasteiger partial charge >= 0.3 is 0 Å². The molecule has 0 spiro atoms. The molecular formula is C28H28FN5O3. The SMILES string of the molecule is C/C=C(\C)C(=O)N1CCC(c2cnn3c(C(N)=O)c(-c4ccc(Oc5ccccc5F)cc4)[nH]c23)CC1. The molecule has 2 aromatic carbocycles. The average molecular weight is 502 g/mol. The van der Waals surface area contributed by atoms with Crippen LogP contribution in [-0.4, -0.2) is 44.4 Å². The third kappa shape index (κ3) is 4.60. The van der Waals surface area contributed by atoms with Crippen LogP contribution in [0.5, 0.6) is 11.5 Å². The number of primary amides is 1. The van der Waals surface area contributed by atoms with Gasteiger partial charge in [-0.1, -0.05) is 18.2 Å². The van der Waals surface area contributed by atoms with Gasteiger partial charge < -0.3 is 20.4 Å². The number of fused-ring (bicyclic) bond motifs is 1. The number of hydrogen-bond donors (Lipinski definition) is 2. The molecule has 3 heterocycles. The second kappa shape index (κ2) is 9.93. The van der Waals surface area contributed by atoms with Gasteiger partial charge in [-0.25, -0.2) is 8.91 Å². The number of hydrogen-bond acceptors (Lipinski definition) is 4. The molecule has 0 radical (unpaired) electrons. The van der Waals surface area contributed by atoms with Crippen LogP contribution < -0.4 is 10.5 Å². The largest absolute Gasteiger partial charge is 0.454 e. The maximum atomic E-state index is 13.9. The van der Waals surface area contributed by atoms with Crippen LogP contribution in [0.4, 0.5) is 4.39 Å². The highest BCUT2D eigenvalue weighted by molar-refractivity contribution is 5.98. The topological polar surface area (TPSA) is 106 Å². The summed E-state index contributed by atoms with van der Waals surface area (Å²) in [6.07, 6.45) is 5.20. The van der Waals surface area contributed by atoms with Gasteiger partial charge in [0, 0.05) is 29.8 Å². The van der Waals surface area contributed by atoms with Crippen LogP contribution in [-0.2, 0) is 4.79 Å². The molecule has 3 N–H and O–H groups in total. The number of likely N-dealkylation sites (tertiary alicyclic amines) is 1. The van der Waals surface area contributed by atoms with E-state index in [2.05, 4.69) is 10.1 Å². The molecule has 9 heteroatoms. The molecule has 37 heavy (non-hydrogen) atoms. The number of nitrogens with zero attached hydrogens (tertiary/aromatic N) is 3. The van der Waals surface area contributed by atoms with Crippen LogP contribution in [0, 0.1) is 5.82 Å². The van der Waals surface area contributed by atoms with Crippen LogP contribution in [0.1, 0.15) is 48.7 Å². The number of nitrogens with two attached hydrogens (primary N) is 1. The number of halogens is 1. The molecular weight excluding hydrogens is 473 g/mol. The Labute approximate surface area is 213 Å². The van der Waals surface area contributed by atoms with Crippen molar-refractivity contribution in [3.05, 3.63) is 83.5 Å². The number of imidazole rings is 1. The second-order valence-electron chi connectivity index (χ2n) is 9.17. The van der Waals surface area contributed by atoms with Crippen molar-refractivity contribution in [1.29, 1.82) is 0 Å². The molecule has 1 saturated heterocycles. The van der Waals surface area contributed by atoms with E-state index < -0.39 is 11.7 Å². The number of amides is 2. The monoisotopic (exact) mass is 501 g/mol. The molecule has 1 aliphatic rings. The molecule has 2 aromatic heterocycles. The third-order valence-corrected chi connectivity index (χ3v) is 6.92. The highest BCUT2D eigenvalue weighted by Crippen LogP contribution is 2.34. The van der Waals surface area contributed by atoms with E-state index in [4.69, 9.17) is 10.5 Å². The van der Waals surface area contributed by atoms with Gasteiger partial charge in [0.15, 0.2) is 17.3 Å². The van der Waals surface area contributed by atoms with Crippen molar-refractivity contribution >= 4 is 17.5 Å². The molecule has 8 nitrogen and oxygen atoms in total. The predicted molar refractivity (Wildman–Crippen MR) is 138 cm³/mol. The minimum Gasteiger partial charge on any atom is -0.454 e. The maximum Gasteiger partial charge on any atom is 0.269 e. The summed E-state index contributed by atoms with van der Waals surface area (Å²) in [6, 6.07) is 13.1. The number of aromatic amines is 1. The fourth-order valence-electron chi connectivity index (χ4n) is 4.79. The lowest BCUT2D eigenvalue weighted by molar-refractivity contribution is -0.128. The van der Waals surface area contributed by atoms with Gasteiger partial charge in [0.25, 0.3) is 5.91 Å². The van der Waals surface area contributed by atoms with Gasteiger partial charge in [-0.2, -0.15) is 5.10 Å². The highest BCUT2D eigenvalue weighted by Gasteiger charge is 2.29. The Hall–Kier alpha value is -4.40. The Morgan fingerprint density at radius 1 is 1.14 bits per heavy atom. The number of nitrogens with one attached hydrogen (secondary N) is 1. The quantitative estimate of drug-likeness (QED) is 0.361. The van der Waals surface area contributed by atoms with Crippen molar-refractivity contribution < 1.29 is 18.7 Å². The lowest BCUT2D eigenvalue weighted by Crippen LogP contribution is -2.38. The number of para-hydroxylation sites is 1. The number of allylic oxidation sites excluding steroid dienone is 1. The fourth-order valence-corrected chi connectivity index (χ4v) is 4.79. The number of rotatable bonds is 6. The Morgan fingerprint density at radius 3 is 2.49 bits per heavy atom. The summed E-state index contributed by atoms with van der Waals surface area (Å²) < 4.78 is 21.1. The van der Waals surface area contributed by atoms with Crippen molar-refractivity contribution in [2.24, 2.45) is 5.73 Å². The van der Waals surface area contributed by atoms with Crippen molar-refractivity contribution in [2.45, 2.75) is 32.6 Å². The maximum absolute atomic E-state index is 13.9. The zero-order valence-corrected chi connectivity index (χ0v) is 20.7. The fraction of sp³-hybridized carbons (Fsp3) is 0.250. The van der Waals surface area contributed by atoms with E-state index in [-0.39, 0.29) is 23.3 Å². The Morgan fingerprint density at radius 2 is 1.84 bits per heavy atom. The molecule has 0 unspecified atom stereocenters. The molecule has 5 rings (SSSR count). The van der Waals surface area contributed by atoms with Gasteiger partial charge in [-0.3, -0.25) is 9.59 Å². The average Bonchev–Trinajstić information content (AvgIpc) is 3.49.